The minimum absolute atomic E-state index is 0.772. The fourth-order valence-electron chi connectivity index (χ4n) is 1.17. The van der Waals surface area contributed by atoms with Gasteiger partial charge in [-0.2, -0.15) is 11.8 Å². The number of thioether (sulfide) groups is 1. The van der Waals surface area contributed by atoms with Crippen molar-refractivity contribution in [2.24, 2.45) is 0 Å². The van der Waals surface area contributed by atoms with E-state index in [1.54, 1.807) is 0 Å². The van der Waals surface area contributed by atoms with Crippen molar-refractivity contribution in [3.05, 3.63) is 0 Å². The normalized spacial score (nSPS) is 13.2. The lowest BCUT2D eigenvalue weighted by Crippen LogP contribution is -1.96. The summed E-state index contributed by atoms with van der Waals surface area (Å²) in [4.78, 5) is 0.772. The third-order valence-corrected chi connectivity index (χ3v) is 3.76. The van der Waals surface area contributed by atoms with Crippen molar-refractivity contribution in [3.63, 3.8) is 0 Å². The standard InChI is InChI=1S/C10H21BrS/c1-3-7-10(11)8-5-6-9-12-4-2/h10H,3-9H2,1-2H3. The van der Waals surface area contributed by atoms with E-state index in [-0.39, 0.29) is 0 Å². The molecule has 2 heteroatoms. The Morgan fingerprint density at radius 3 is 2.50 bits per heavy atom. The molecule has 0 saturated carbocycles. The first kappa shape index (κ1) is 12.8. The Morgan fingerprint density at radius 1 is 1.17 bits per heavy atom. The maximum atomic E-state index is 3.70. The van der Waals surface area contributed by atoms with Gasteiger partial charge in [0.25, 0.3) is 0 Å². The summed E-state index contributed by atoms with van der Waals surface area (Å²) in [6.45, 7) is 4.48. The SMILES string of the molecule is CCCC(Br)CCCCSCC. The highest BCUT2D eigenvalue weighted by Gasteiger charge is 2.01. The van der Waals surface area contributed by atoms with E-state index in [1.807, 2.05) is 0 Å². The van der Waals surface area contributed by atoms with Gasteiger partial charge < -0.3 is 0 Å². The molecule has 0 nitrogen and oxygen atoms in total. The molecule has 0 spiro atoms. The summed E-state index contributed by atoms with van der Waals surface area (Å²) < 4.78 is 0. The second kappa shape index (κ2) is 9.91. The largest absolute Gasteiger partial charge is 0.162 e. The van der Waals surface area contributed by atoms with E-state index in [0.717, 1.165) is 4.83 Å². The molecule has 0 aliphatic rings. The van der Waals surface area contributed by atoms with Gasteiger partial charge >= 0.3 is 0 Å². The Hall–Kier alpha value is 0.830. The Bertz CT molecular complexity index is 85.9. The molecule has 12 heavy (non-hydrogen) atoms. The Balaban J connectivity index is 2.97. The number of unbranched alkanes of at least 4 members (excludes halogenated alkanes) is 1. The highest BCUT2D eigenvalue weighted by atomic mass is 79.9. The van der Waals surface area contributed by atoms with E-state index in [4.69, 9.17) is 0 Å². The summed E-state index contributed by atoms with van der Waals surface area (Å²) in [7, 11) is 0. The topological polar surface area (TPSA) is 0 Å². The minimum atomic E-state index is 0.772. The number of hydrogen-bond donors (Lipinski definition) is 0. The Morgan fingerprint density at radius 2 is 1.92 bits per heavy atom. The van der Waals surface area contributed by atoms with Gasteiger partial charge in [-0.05, 0) is 30.8 Å². The van der Waals surface area contributed by atoms with E-state index in [9.17, 15) is 0 Å². The fourth-order valence-corrected chi connectivity index (χ4v) is 2.65. The minimum Gasteiger partial charge on any atom is -0.162 e. The van der Waals surface area contributed by atoms with Crippen molar-refractivity contribution >= 4 is 27.7 Å². The van der Waals surface area contributed by atoms with Crippen molar-refractivity contribution in [1.29, 1.82) is 0 Å². The third-order valence-electron chi connectivity index (χ3n) is 1.86. The highest BCUT2D eigenvalue weighted by molar-refractivity contribution is 9.09. The second-order valence-corrected chi connectivity index (χ2v) is 5.77. The smallest absolute Gasteiger partial charge is 0.0145 e. The summed E-state index contributed by atoms with van der Waals surface area (Å²) in [5.74, 6) is 2.62. The summed E-state index contributed by atoms with van der Waals surface area (Å²) >= 11 is 5.76. The third kappa shape index (κ3) is 8.92. The van der Waals surface area contributed by atoms with E-state index >= 15 is 0 Å². The number of halogens is 1. The van der Waals surface area contributed by atoms with Crippen LogP contribution in [0.5, 0.6) is 0 Å². The maximum Gasteiger partial charge on any atom is 0.0145 e. The fraction of sp³-hybridized carbons (Fsp3) is 1.00. The average molecular weight is 253 g/mol. The summed E-state index contributed by atoms with van der Waals surface area (Å²) in [6, 6.07) is 0. The zero-order chi connectivity index (χ0) is 9.23. The molecule has 0 radical (unpaired) electrons. The van der Waals surface area contributed by atoms with Gasteiger partial charge in [0.2, 0.25) is 0 Å². The second-order valence-electron chi connectivity index (χ2n) is 3.08. The summed E-state index contributed by atoms with van der Waals surface area (Å²) in [5.41, 5.74) is 0. The summed E-state index contributed by atoms with van der Waals surface area (Å²) in [5, 5.41) is 0. The van der Waals surface area contributed by atoms with Gasteiger partial charge in [-0.1, -0.05) is 42.6 Å². The van der Waals surface area contributed by atoms with Gasteiger partial charge in [-0.25, -0.2) is 0 Å². The van der Waals surface area contributed by atoms with Gasteiger partial charge in [0, 0.05) is 4.83 Å². The molecular weight excluding hydrogens is 232 g/mol. The van der Waals surface area contributed by atoms with Crippen LogP contribution in [0.2, 0.25) is 0 Å². The van der Waals surface area contributed by atoms with Crippen LogP contribution in [0.4, 0.5) is 0 Å². The van der Waals surface area contributed by atoms with Gasteiger partial charge in [0.05, 0.1) is 0 Å². The van der Waals surface area contributed by atoms with Crippen LogP contribution in [0.3, 0.4) is 0 Å². The van der Waals surface area contributed by atoms with Crippen LogP contribution in [-0.2, 0) is 0 Å². The molecule has 0 bridgehead atoms. The van der Waals surface area contributed by atoms with E-state index in [1.165, 1.54) is 43.6 Å². The molecule has 0 saturated heterocycles. The molecule has 74 valence electrons. The molecule has 0 amide bonds. The molecular formula is C10H21BrS. The predicted octanol–water partition coefficient (Wildman–Crippen LogP) is 4.47. The molecule has 0 aromatic rings. The molecule has 0 aromatic heterocycles. The molecule has 1 atom stereocenters. The lowest BCUT2D eigenvalue weighted by molar-refractivity contribution is 0.649. The van der Waals surface area contributed by atoms with Crippen LogP contribution in [0.1, 0.15) is 46.0 Å². The molecule has 0 aliphatic heterocycles. The number of hydrogen-bond acceptors (Lipinski definition) is 1. The average Bonchev–Trinajstić information content (AvgIpc) is 2.05. The monoisotopic (exact) mass is 252 g/mol. The first-order valence-corrected chi connectivity index (χ1v) is 7.10. The van der Waals surface area contributed by atoms with E-state index in [2.05, 4.69) is 41.5 Å². The first-order chi connectivity index (χ1) is 5.81. The van der Waals surface area contributed by atoms with Gasteiger partial charge in [0.15, 0.2) is 0 Å². The van der Waals surface area contributed by atoms with Crippen molar-refractivity contribution < 1.29 is 0 Å². The number of rotatable bonds is 8. The number of alkyl halides is 1. The lowest BCUT2D eigenvalue weighted by Gasteiger charge is -2.06. The zero-order valence-electron chi connectivity index (χ0n) is 8.31. The van der Waals surface area contributed by atoms with Crippen LogP contribution in [-0.4, -0.2) is 16.3 Å². The van der Waals surface area contributed by atoms with Gasteiger partial charge in [-0.15, -0.1) is 0 Å². The molecule has 0 heterocycles. The first-order valence-electron chi connectivity index (χ1n) is 5.03. The molecule has 0 aliphatic carbocycles. The quantitative estimate of drug-likeness (QED) is 0.454. The highest BCUT2D eigenvalue weighted by Crippen LogP contribution is 2.16. The van der Waals surface area contributed by atoms with E-state index < -0.39 is 0 Å². The van der Waals surface area contributed by atoms with Crippen LogP contribution in [0.15, 0.2) is 0 Å². The van der Waals surface area contributed by atoms with Crippen molar-refractivity contribution in [2.45, 2.75) is 50.8 Å². The molecule has 0 rings (SSSR count). The Labute approximate surface area is 90.0 Å². The zero-order valence-corrected chi connectivity index (χ0v) is 10.7. The molecule has 1 unspecified atom stereocenters. The van der Waals surface area contributed by atoms with E-state index in [0.29, 0.717) is 0 Å². The summed E-state index contributed by atoms with van der Waals surface area (Å²) in [6.07, 6.45) is 6.78. The van der Waals surface area contributed by atoms with Crippen LogP contribution >= 0.6 is 27.7 Å². The van der Waals surface area contributed by atoms with Crippen LogP contribution < -0.4 is 0 Å². The Kier molecular flexibility index (Phi) is 10.6. The lowest BCUT2D eigenvalue weighted by atomic mass is 10.1. The van der Waals surface area contributed by atoms with Crippen molar-refractivity contribution in [2.75, 3.05) is 11.5 Å². The van der Waals surface area contributed by atoms with Crippen LogP contribution in [0, 0.1) is 0 Å². The van der Waals surface area contributed by atoms with Crippen molar-refractivity contribution in [3.8, 4) is 0 Å². The van der Waals surface area contributed by atoms with Gasteiger partial charge in [-0.3, -0.25) is 0 Å². The molecule has 0 aromatic carbocycles. The van der Waals surface area contributed by atoms with Gasteiger partial charge in [0.1, 0.15) is 0 Å². The molecule has 0 N–H and O–H groups in total. The molecule has 0 fully saturated rings. The van der Waals surface area contributed by atoms with Crippen LogP contribution in [0.25, 0.3) is 0 Å². The predicted molar refractivity (Wildman–Crippen MR) is 64.5 cm³/mol. The maximum absolute atomic E-state index is 3.70. The van der Waals surface area contributed by atoms with Crippen molar-refractivity contribution in [1.82, 2.24) is 0 Å².